The van der Waals surface area contributed by atoms with Gasteiger partial charge in [-0.2, -0.15) is 0 Å². The standard InChI is InChI=1S/C20H24N4O/c1-14(2)13-18(25)21-11-12-24-19(16-8-6-15(3)7-9-16)23-17-5-4-10-22-20(17)24/h4-10,14H,11-13H2,1-3H3,(H,21,25). The number of nitrogens with one attached hydrogen (secondary N) is 1. The molecule has 1 N–H and O–H groups in total. The summed E-state index contributed by atoms with van der Waals surface area (Å²) in [6, 6.07) is 12.2. The zero-order valence-corrected chi connectivity index (χ0v) is 15.0. The smallest absolute Gasteiger partial charge is 0.220 e. The van der Waals surface area contributed by atoms with Crippen molar-refractivity contribution in [2.75, 3.05) is 6.54 Å². The number of amides is 1. The first kappa shape index (κ1) is 17.1. The highest BCUT2D eigenvalue weighted by atomic mass is 16.1. The normalized spacial score (nSPS) is 11.2. The van der Waals surface area contributed by atoms with Crippen molar-refractivity contribution in [3.63, 3.8) is 0 Å². The van der Waals surface area contributed by atoms with Crippen molar-refractivity contribution >= 4 is 17.1 Å². The Hall–Kier alpha value is -2.69. The molecule has 0 aliphatic rings. The van der Waals surface area contributed by atoms with Gasteiger partial charge in [0.15, 0.2) is 5.65 Å². The number of fused-ring (bicyclic) bond motifs is 1. The highest BCUT2D eigenvalue weighted by molar-refractivity contribution is 5.77. The van der Waals surface area contributed by atoms with Crippen LogP contribution in [0.5, 0.6) is 0 Å². The predicted octanol–water partition coefficient (Wildman–Crippen LogP) is 3.57. The maximum Gasteiger partial charge on any atom is 0.220 e. The summed E-state index contributed by atoms with van der Waals surface area (Å²) in [5, 5.41) is 2.99. The first-order chi connectivity index (χ1) is 12.0. The summed E-state index contributed by atoms with van der Waals surface area (Å²) in [6.07, 6.45) is 2.32. The molecule has 0 aliphatic carbocycles. The second-order valence-corrected chi connectivity index (χ2v) is 6.75. The average Bonchev–Trinajstić information content (AvgIpc) is 2.94. The van der Waals surface area contributed by atoms with Crippen LogP contribution < -0.4 is 5.32 Å². The van der Waals surface area contributed by atoms with Gasteiger partial charge >= 0.3 is 0 Å². The molecule has 0 spiro atoms. The molecule has 0 unspecified atom stereocenters. The van der Waals surface area contributed by atoms with Crippen LogP contribution in [0.15, 0.2) is 42.6 Å². The molecule has 1 aromatic carbocycles. The van der Waals surface area contributed by atoms with Crippen molar-refractivity contribution in [3.05, 3.63) is 48.2 Å². The van der Waals surface area contributed by atoms with Crippen LogP contribution in [0.1, 0.15) is 25.8 Å². The molecule has 1 amide bonds. The van der Waals surface area contributed by atoms with Crippen molar-refractivity contribution in [1.29, 1.82) is 0 Å². The zero-order chi connectivity index (χ0) is 17.8. The van der Waals surface area contributed by atoms with E-state index in [0.717, 1.165) is 22.6 Å². The van der Waals surface area contributed by atoms with Crippen LogP contribution in [0.2, 0.25) is 0 Å². The van der Waals surface area contributed by atoms with Gasteiger partial charge in [0.1, 0.15) is 11.3 Å². The molecule has 5 heteroatoms. The Labute approximate surface area is 148 Å². The van der Waals surface area contributed by atoms with Gasteiger partial charge in [0, 0.05) is 31.3 Å². The Morgan fingerprint density at radius 2 is 1.96 bits per heavy atom. The summed E-state index contributed by atoms with van der Waals surface area (Å²) in [5.74, 6) is 1.33. The molecule has 2 aromatic heterocycles. The third-order valence-corrected chi connectivity index (χ3v) is 4.06. The molecule has 3 rings (SSSR count). The average molecular weight is 336 g/mol. The number of carbonyl (C=O) groups excluding carboxylic acids is 1. The Morgan fingerprint density at radius 1 is 1.20 bits per heavy atom. The lowest BCUT2D eigenvalue weighted by Gasteiger charge is -2.11. The first-order valence-corrected chi connectivity index (χ1v) is 8.69. The number of hydrogen-bond acceptors (Lipinski definition) is 3. The number of pyridine rings is 1. The van der Waals surface area contributed by atoms with Crippen molar-refractivity contribution in [2.45, 2.75) is 33.7 Å². The Kier molecular flexibility index (Phi) is 5.12. The van der Waals surface area contributed by atoms with Gasteiger partial charge in [-0.05, 0) is 25.0 Å². The van der Waals surface area contributed by atoms with Gasteiger partial charge in [0.2, 0.25) is 5.91 Å². The van der Waals surface area contributed by atoms with Gasteiger partial charge in [-0.25, -0.2) is 9.97 Å². The van der Waals surface area contributed by atoms with Crippen LogP contribution in [-0.2, 0) is 11.3 Å². The molecule has 2 heterocycles. The number of nitrogens with zero attached hydrogens (tertiary/aromatic N) is 3. The number of imidazole rings is 1. The van der Waals surface area contributed by atoms with Gasteiger partial charge in [0.05, 0.1) is 0 Å². The Balaban J connectivity index is 1.86. The molecule has 0 atom stereocenters. The van der Waals surface area contributed by atoms with Gasteiger partial charge in [-0.3, -0.25) is 4.79 Å². The van der Waals surface area contributed by atoms with E-state index in [1.807, 2.05) is 26.0 Å². The van der Waals surface area contributed by atoms with Crippen molar-refractivity contribution in [3.8, 4) is 11.4 Å². The maximum absolute atomic E-state index is 11.9. The molecule has 0 saturated heterocycles. The largest absolute Gasteiger partial charge is 0.354 e. The molecule has 0 radical (unpaired) electrons. The number of benzene rings is 1. The quantitative estimate of drug-likeness (QED) is 0.748. The van der Waals surface area contributed by atoms with Crippen LogP contribution in [0.4, 0.5) is 0 Å². The molecule has 5 nitrogen and oxygen atoms in total. The molecule has 0 bridgehead atoms. The third-order valence-electron chi connectivity index (χ3n) is 4.06. The first-order valence-electron chi connectivity index (χ1n) is 8.69. The van der Waals surface area contributed by atoms with Crippen LogP contribution in [0, 0.1) is 12.8 Å². The monoisotopic (exact) mass is 336 g/mol. The van der Waals surface area contributed by atoms with E-state index in [-0.39, 0.29) is 5.91 Å². The van der Waals surface area contributed by atoms with Crippen LogP contribution in [0.25, 0.3) is 22.6 Å². The van der Waals surface area contributed by atoms with Gasteiger partial charge in [-0.15, -0.1) is 0 Å². The molecule has 25 heavy (non-hydrogen) atoms. The van der Waals surface area contributed by atoms with E-state index >= 15 is 0 Å². The number of aromatic nitrogens is 3. The topological polar surface area (TPSA) is 59.8 Å². The minimum atomic E-state index is 0.0873. The SMILES string of the molecule is Cc1ccc(-c2nc3cccnc3n2CCNC(=O)CC(C)C)cc1. The van der Waals surface area contributed by atoms with E-state index in [2.05, 4.69) is 46.1 Å². The summed E-state index contributed by atoms with van der Waals surface area (Å²) in [5.41, 5.74) is 3.98. The lowest BCUT2D eigenvalue weighted by molar-refractivity contribution is -0.121. The lowest BCUT2D eigenvalue weighted by atomic mass is 10.1. The van der Waals surface area contributed by atoms with E-state index in [1.165, 1.54) is 5.56 Å². The summed E-state index contributed by atoms with van der Waals surface area (Å²) >= 11 is 0. The summed E-state index contributed by atoms with van der Waals surface area (Å²) in [6.45, 7) is 7.36. The van der Waals surface area contributed by atoms with E-state index in [4.69, 9.17) is 4.98 Å². The molecule has 0 aliphatic heterocycles. The Bertz CT molecular complexity index is 865. The Morgan fingerprint density at radius 3 is 2.68 bits per heavy atom. The second-order valence-electron chi connectivity index (χ2n) is 6.75. The minimum absolute atomic E-state index is 0.0873. The molecule has 0 fully saturated rings. The number of aryl methyl sites for hydroxylation is 1. The maximum atomic E-state index is 11.9. The molecule has 0 saturated carbocycles. The second kappa shape index (κ2) is 7.47. The van der Waals surface area contributed by atoms with Crippen LogP contribution in [-0.4, -0.2) is 27.0 Å². The molecular formula is C20H24N4O. The third kappa shape index (κ3) is 4.05. The summed E-state index contributed by atoms with van der Waals surface area (Å²) in [4.78, 5) is 21.1. The summed E-state index contributed by atoms with van der Waals surface area (Å²) < 4.78 is 2.08. The van der Waals surface area contributed by atoms with E-state index in [0.29, 0.717) is 25.4 Å². The van der Waals surface area contributed by atoms with Gasteiger partial charge in [0.25, 0.3) is 0 Å². The highest BCUT2D eigenvalue weighted by Crippen LogP contribution is 2.23. The molecule has 3 aromatic rings. The highest BCUT2D eigenvalue weighted by Gasteiger charge is 2.13. The fourth-order valence-corrected chi connectivity index (χ4v) is 2.84. The van der Waals surface area contributed by atoms with E-state index in [9.17, 15) is 4.79 Å². The van der Waals surface area contributed by atoms with E-state index in [1.54, 1.807) is 6.20 Å². The fourth-order valence-electron chi connectivity index (χ4n) is 2.84. The van der Waals surface area contributed by atoms with Crippen molar-refractivity contribution < 1.29 is 4.79 Å². The van der Waals surface area contributed by atoms with Crippen LogP contribution in [0.3, 0.4) is 0 Å². The molecule has 130 valence electrons. The summed E-state index contributed by atoms with van der Waals surface area (Å²) in [7, 11) is 0. The number of rotatable bonds is 6. The lowest BCUT2D eigenvalue weighted by Crippen LogP contribution is -2.28. The van der Waals surface area contributed by atoms with Gasteiger partial charge in [-0.1, -0.05) is 43.7 Å². The number of hydrogen-bond donors (Lipinski definition) is 1. The zero-order valence-electron chi connectivity index (χ0n) is 15.0. The minimum Gasteiger partial charge on any atom is -0.354 e. The van der Waals surface area contributed by atoms with Crippen molar-refractivity contribution in [2.24, 2.45) is 5.92 Å². The molecular weight excluding hydrogens is 312 g/mol. The fraction of sp³-hybridized carbons (Fsp3) is 0.350. The van der Waals surface area contributed by atoms with Crippen molar-refractivity contribution in [1.82, 2.24) is 19.9 Å². The number of carbonyl (C=O) groups is 1. The van der Waals surface area contributed by atoms with Crippen LogP contribution >= 0.6 is 0 Å². The van der Waals surface area contributed by atoms with E-state index < -0.39 is 0 Å². The predicted molar refractivity (Wildman–Crippen MR) is 100 cm³/mol. The van der Waals surface area contributed by atoms with Gasteiger partial charge < -0.3 is 9.88 Å².